The van der Waals surface area contributed by atoms with E-state index >= 15 is 0 Å². The zero-order valence-corrected chi connectivity index (χ0v) is 9.64. The first-order valence-electron chi connectivity index (χ1n) is 5.34. The Morgan fingerprint density at radius 2 is 1.89 bits per heavy atom. The average Bonchev–Trinajstić information content (AvgIpc) is 2.39. The molecule has 1 aromatic carbocycles. The van der Waals surface area contributed by atoms with E-state index in [1.807, 2.05) is 0 Å². The predicted molar refractivity (Wildman–Crippen MR) is 65.3 cm³/mol. The van der Waals surface area contributed by atoms with Crippen molar-refractivity contribution < 1.29 is 24.6 Å². The van der Waals surface area contributed by atoms with E-state index in [0.717, 1.165) is 0 Å². The smallest absolute Gasteiger partial charge is 0.394 e. The van der Waals surface area contributed by atoms with Gasteiger partial charge in [-0.25, -0.2) is 4.79 Å². The van der Waals surface area contributed by atoms with E-state index in [0.29, 0.717) is 11.3 Å². The van der Waals surface area contributed by atoms with Crippen LogP contribution in [0.2, 0.25) is 0 Å². The molecule has 0 unspecified atom stereocenters. The minimum absolute atomic E-state index is 0.00157. The third-order valence-corrected chi connectivity index (χ3v) is 2.62. The van der Waals surface area contributed by atoms with E-state index in [2.05, 4.69) is 5.32 Å². The summed E-state index contributed by atoms with van der Waals surface area (Å²) >= 11 is 0. The number of hydrogen-bond donors (Lipinski definition) is 4. The summed E-state index contributed by atoms with van der Waals surface area (Å²) in [5.41, 5.74) is 0.982. The van der Waals surface area contributed by atoms with Gasteiger partial charge < -0.3 is 15.5 Å². The van der Waals surface area contributed by atoms with Gasteiger partial charge in [-0.3, -0.25) is 14.9 Å². The molecule has 0 saturated carbocycles. The van der Waals surface area contributed by atoms with Gasteiger partial charge in [0.2, 0.25) is 0 Å². The molecule has 7 heteroatoms. The number of para-hydroxylation sites is 1. The zero-order chi connectivity index (χ0) is 14.0. The minimum atomic E-state index is -1.77. The Hall–Kier alpha value is -2.83. The molecule has 1 aliphatic rings. The topological polar surface area (TPSA) is 116 Å². The average molecular weight is 262 g/mol. The summed E-state index contributed by atoms with van der Waals surface area (Å²) in [5, 5.41) is 22.9. The first-order valence-corrected chi connectivity index (χ1v) is 5.34. The molecular weight excluding hydrogens is 252 g/mol. The van der Waals surface area contributed by atoms with Crippen molar-refractivity contribution in [3.05, 3.63) is 35.4 Å². The van der Waals surface area contributed by atoms with E-state index in [1.54, 1.807) is 29.6 Å². The lowest BCUT2D eigenvalue weighted by atomic mass is 10.0. The first kappa shape index (κ1) is 12.6. The van der Waals surface area contributed by atoms with Crippen molar-refractivity contribution in [2.75, 3.05) is 11.9 Å². The summed E-state index contributed by atoms with van der Waals surface area (Å²) in [6.45, 7) is 0.00157. The number of hydrogen-bond acceptors (Lipinski definition) is 5. The summed E-state index contributed by atoms with van der Waals surface area (Å²) in [6.07, 6.45) is 0. The Bertz CT molecular complexity index is 606. The van der Waals surface area contributed by atoms with Crippen LogP contribution >= 0.6 is 0 Å². The molecule has 0 radical (unpaired) electrons. The maximum Gasteiger partial charge on any atom is 0.394 e. The number of aliphatic hydroxyl groups excluding tert-OH is 1. The van der Waals surface area contributed by atoms with Crippen molar-refractivity contribution in [1.82, 2.24) is 5.32 Å². The molecule has 98 valence electrons. The molecule has 0 atom stereocenters. The highest BCUT2D eigenvalue weighted by Crippen LogP contribution is 2.28. The number of anilines is 1. The molecule has 1 aliphatic heterocycles. The molecule has 4 N–H and O–H groups in total. The quantitative estimate of drug-likeness (QED) is 0.534. The molecule has 0 aromatic heterocycles. The number of aliphatic carboxylic acids is 1. The fraction of sp³-hybridized carbons (Fsp3) is 0.0833. The molecule has 0 saturated heterocycles. The fourth-order valence-electron chi connectivity index (χ4n) is 1.69. The van der Waals surface area contributed by atoms with Gasteiger partial charge in [-0.2, -0.15) is 0 Å². The van der Waals surface area contributed by atoms with Crippen LogP contribution in [0.15, 0.2) is 29.8 Å². The second-order valence-corrected chi connectivity index (χ2v) is 3.81. The van der Waals surface area contributed by atoms with Gasteiger partial charge in [-0.15, -0.1) is 0 Å². The lowest BCUT2D eigenvalue weighted by molar-refractivity contribution is -0.151. The van der Waals surface area contributed by atoms with Gasteiger partial charge >= 0.3 is 11.9 Å². The van der Waals surface area contributed by atoms with Crippen LogP contribution in [0.1, 0.15) is 5.56 Å². The number of benzene rings is 1. The van der Waals surface area contributed by atoms with Gasteiger partial charge in [-0.05, 0) is 12.1 Å². The highest BCUT2D eigenvalue weighted by Gasteiger charge is 2.25. The summed E-state index contributed by atoms with van der Waals surface area (Å²) in [5.74, 6) is -4.42. The summed E-state index contributed by atoms with van der Waals surface area (Å²) in [4.78, 5) is 32.9. The molecular formula is C12H10N2O5. The van der Waals surface area contributed by atoms with Crippen LogP contribution in [-0.4, -0.2) is 34.5 Å². The molecule has 2 amide bonds. The van der Waals surface area contributed by atoms with E-state index in [-0.39, 0.29) is 17.9 Å². The molecule has 1 aromatic rings. The lowest BCUT2D eigenvalue weighted by Crippen LogP contribution is -2.39. The second kappa shape index (κ2) is 4.81. The largest absolute Gasteiger partial charge is 0.507 e. The maximum absolute atomic E-state index is 11.7. The second-order valence-electron chi connectivity index (χ2n) is 3.81. The number of rotatable bonds is 1. The molecule has 1 heterocycles. The maximum atomic E-state index is 11.7. The monoisotopic (exact) mass is 262 g/mol. The van der Waals surface area contributed by atoms with Crippen LogP contribution < -0.4 is 10.6 Å². The van der Waals surface area contributed by atoms with E-state index < -0.39 is 17.8 Å². The van der Waals surface area contributed by atoms with Crippen LogP contribution in [0.3, 0.4) is 0 Å². The minimum Gasteiger partial charge on any atom is -0.507 e. The van der Waals surface area contributed by atoms with Crippen molar-refractivity contribution in [1.29, 1.82) is 0 Å². The molecule has 2 rings (SSSR count). The van der Waals surface area contributed by atoms with Gasteiger partial charge in [0.1, 0.15) is 5.76 Å². The number of fused-ring (bicyclic) bond motifs is 1. The first-order chi connectivity index (χ1) is 9.00. The van der Waals surface area contributed by atoms with E-state index in [1.165, 1.54) is 0 Å². The van der Waals surface area contributed by atoms with Crippen LogP contribution in [-0.2, 0) is 14.4 Å². The number of nitrogens with one attached hydrogen (secondary N) is 2. The normalized spacial score (nSPS) is 13.3. The van der Waals surface area contributed by atoms with Crippen LogP contribution in [0, 0.1) is 0 Å². The number of aliphatic hydroxyl groups is 1. The van der Waals surface area contributed by atoms with Gasteiger partial charge in [0.15, 0.2) is 0 Å². The number of carbonyl (C=O) groups is 3. The third-order valence-electron chi connectivity index (χ3n) is 2.62. The summed E-state index contributed by atoms with van der Waals surface area (Å²) in [6, 6.07) is 6.77. The predicted octanol–water partition coefficient (Wildman–Crippen LogP) is 0.109. The van der Waals surface area contributed by atoms with Gasteiger partial charge in [0.25, 0.3) is 5.91 Å². The molecule has 0 aliphatic carbocycles. The Morgan fingerprint density at radius 1 is 1.21 bits per heavy atom. The Morgan fingerprint density at radius 3 is 2.58 bits per heavy atom. The van der Waals surface area contributed by atoms with Crippen molar-refractivity contribution in [3.63, 3.8) is 0 Å². The highest BCUT2D eigenvalue weighted by molar-refractivity contribution is 6.35. The third kappa shape index (κ3) is 2.39. The Balaban J connectivity index is 2.29. The van der Waals surface area contributed by atoms with Crippen molar-refractivity contribution in [2.45, 2.75) is 0 Å². The standard InChI is InChI=1S/C12H10N2O5/c15-9-6-3-1-2-4-8(6)13-5-7(9)10(16)14-11(17)12(18)19/h1-4,13,15H,5H2,(H,18,19)(H,14,16,17). The lowest BCUT2D eigenvalue weighted by Gasteiger charge is -2.20. The zero-order valence-electron chi connectivity index (χ0n) is 9.64. The van der Waals surface area contributed by atoms with Crippen molar-refractivity contribution >= 4 is 29.2 Å². The van der Waals surface area contributed by atoms with E-state index in [9.17, 15) is 19.5 Å². The van der Waals surface area contributed by atoms with Crippen LogP contribution in [0.25, 0.3) is 5.76 Å². The Kier molecular flexibility index (Phi) is 3.19. The highest BCUT2D eigenvalue weighted by atomic mass is 16.4. The molecule has 0 fully saturated rings. The number of imide groups is 1. The van der Waals surface area contributed by atoms with Gasteiger partial charge in [-0.1, -0.05) is 12.1 Å². The van der Waals surface area contributed by atoms with Crippen molar-refractivity contribution in [3.8, 4) is 0 Å². The van der Waals surface area contributed by atoms with Crippen molar-refractivity contribution in [2.24, 2.45) is 0 Å². The Labute approximate surface area is 107 Å². The number of carboxylic acid groups (broad SMARTS) is 1. The summed E-state index contributed by atoms with van der Waals surface area (Å²) < 4.78 is 0. The van der Waals surface area contributed by atoms with E-state index in [4.69, 9.17) is 5.11 Å². The fourth-order valence-corrected chi connectivity index (χ4v) is 1.69. The van der Waals surface area contributed by atoms with Crippen LogP contribution in [0.4, 0.5) is 5.69 Å². The molecule has 7 nitrogen and oxygen atoms in total. The molecule has 0 spiro atoms. The van der Waals surface area contributed by atoms with Gasteiger partial charge in [0, 0.05) is 17.8 Å². The number of amides is 2. The summed E-state index contributed by atoms with van der Waals surface area (Å²) in [7, 11) is 0. The molecule has 0 bridgehead atoms. The van der Waals surface area contributed by atoms with Crippen LogP contribution in [0.5, 0.6) is 0 Å². The number of carbonyl (C=O) groups excluding carboxylic acids is 2. The molecule has 19 heavy (non-hydrogen) atoms. The van der Waals surface area contributed by atoms with Gasteiger partial charge in [0.05, 0.1) is 5.57 Å². The SMILES string of the molecule is O=C(O)C(=O)NC(=O)C1=C(O)c2ccccc2NC1. The number of carboxylic acids is 1.